The first-order chi connectivity index (χ1) is 33.1. The van der Waals surface area contributed by atoms with Gasteiger partial charge in [0, 0.05) is 41.9 Å². The number of rotatable bonds is 7. The average molecular weight is 977 g/mol. The Labute approximate surface area is 418 Å². The Morgan fingerprint density at radius 1 is 0.812 bits per heavy atom. The predicted octanol–water partition coefficient (Wildman–Crippen LogP) is 9.68. The highest BCUT2D eigenvalue weighted by atomic mass is 33.1. The molecule has 11 heteroatoms. The van der Waals surface area contributed by atoms with Gasteiger partial charge in [0.15, 0.2) is 5.72 Å². The number of fused-ring (bicyclic) bond motifs is 8. The Morgan fingerprint density at radius 3 is 2.25 bits per heavy atom. The normalized spacial score (nSPS) is 46.1. The Kier molecular flexibility index (Phi) is 12.8. The van der Waals surface area contributed by atoms with Crippen molar-refractivity contribution in [2.45, 2.75) is 178 Å². The molecule has 372 valence electrons. The summed E-state index contributed by atoms with van der Waals surface area (Å²) in [4.78, 5) is 29.2. The molecule has 5 aliphatic heterocycles. The second kappa shape index (κ2) is 18.3. The molecule has 16 unspecified atom stereocenters. The summed E-state index contributed by atoms with van der Waals surface area (Å²) in [6.07, 6.45) is 12.7. The summed E-state index contributed by atoms with van der Waals surface area (Å²) in [5, 5.41) is 42.3. The quantitative estimate of drug-likeness (QED) is 0.103. The van der Waals surface area contributed by atoms with Gasteiger partial charge in [-0.15, -0.1) is 5.92 Å². The maximum Gasteiger partial charge on any atom is 0.331 e. The molecule has 9 aliphatic rings. The number of nitrogens with one attached hydrogen (secondary N) is 2. The Bertz CT molecular complexity index is 2360. The first-order valence-corrected chi connectivity index (χ1v) is 29.1. The first-order valence-electron chi connectivity index (χ1n) is 26.7. The van der Waals surface area contributed by atoms with Crippen LogP contribution in [0.3, 0.4) is 0 Å². The fraction of sp³-hybridized carbons (Fsp3) is 0.690. The van der Waals surface area contributed by atoms with Gasteiger partial charge in [-0.05, 0) is 161 Å². The van der Waals surface area contributed by atoms with Crippen molar-refractivity contribution in [1.82, 2.24) is 10.9 Å². The minimum atomic E-state index is -1.78. The van der Waals surface area contributed by atoms with Crippen LogP contribution in [0.5, 0.6) is 0 Å². The lowest BCUT2D eigenvalue weighted by Crippen LogP contribution is -2.84. The van der Waals surface area contributed by atoms with E-state index in [1.165, 1.54) is 11.1 Å². The van der Waals surface area contributed by atoms with Crippen LogP contribution in [0.1, 0.15) is 141 Å². The molecule has 2 spiro atoms. The molecule has 2 aromatic rings. The summed E-state index contributed by atoms with van der Waals surface area (Å²) in [5.41, 5.74) is 3.31. The molecule has 11 rings (SSSR count). The van der Waals surface area contributed by atoms with Gasteiger partial charge < -0.3 is 24.8 Å². The van der Waals surface area contributed by atoms with Gasteiger partial charge in [-0.25, -0.2) is 10.2 Å². The average Bonchev–Trinajstić information content (AvgIpc) is 4.00. The van der Waals surface area contributed by atoms with E-state index in [4.69, 9.17) is 9.47 Å². The standard InChI is InChI=1S/C58H76N2O7S2/c1-52-26-21-46(69-68-36-42(33-52)31-39-14-8-5-9-15-39)44-19-18-40(30-38-12-6-4-7-13-38)34-55(44)25-11-24-53(2)37-56(67-51(55)64)50-54(3,43-16-10-17-45(43)59-60-56)28-23-48(62)58(50,47(61)22-27-52)57(53,65)29-20-41-32-49(63)66-35-41/h4-9,12-15,32,40,42-48,50,59-62,65H,10,16-23,25-31,33-37H2,1-3H3. The molecule has 5 N–H and O–H groups in total. The summed E-state index contributed by atoms with van der Waals surface area (Å²) in [5.74, 6) is 8.02. The highest BCUT2D eigenvalue weighted by Crippen LogP contribution is 2.75. The minimum Gasteiger partial charge on any atom is -0.458 e. The first kappa shape index (κ1) is 48.4. The smallest absolute Gasteiger partial charge is 0.331 e. The number of hydrogen-bond acceptors (Lipinski definition) is 11. The van der Waals surface area contributed by atoms with Crippen LogP contribution >= 0.6 is 21.6 Å². The second-order valence-corrected chi connectivity index (χ2v) is 27.2. The summed E-state index contributed by atoms with van der Waals surface area (Å²) < 4.78 is 13.1. The van der Waals surface area contributed by atoms with Gasteiger partial charge in [0.1, 0.15) is 6.61 Å². The maximum absolute atomic E-state index is 16.6. The van der Waals surface area contributed by atoms with Gasteiger partial charge in [-0.3, -0.25) is 10.2 Å². The van der Waals surface area contributed by atoms with Crippen molar-refractivity contribution < 1.29 is 34.4 Å². The highest BCUT2D eigenvalue weighted by Gasteiger charge is 2.83. The molecule has 69 heavy (non-hydrogen) atoms. The molecule has 3 saturated heterocycles. The monoisotopic (exact) mass is 977 g/mol. The van der Waals surface area contributed by atoms with Crippen molar-refractivity contribution in [2.75, 3.05) is 12.4 Å². The third-order valence-corrected chi connectivity index (χ3v) is 23.6. The van der Waals surface area contributed by atoms with Crippen LogP contribution in [-0.2, 0) is 31.9 Å². The van der Waals surface area contributed by atoms with E-state index in [1.54, 1.807) is 6.08 Å². The Hall–Kier alpha value is -2.82. The molecule has 6 bridgehead atoms. The molecule has 9 nitrogen and oxygen atoms in total. The lowest BCUT2D eigenvalue weighted by molar-refractivity contribution is -0.364. The fourth-order valence-electron chi connectivity index (χ4n) is 17.5. The second-order valence-electron chi connectivity index (χ2n) is 24.6. The van der Waals surface area contributed by atoms with E-state index in [9.17, 15) is 20.1 Å². The van der Waals surface area contributed by atoms with Crippen molar-refractivity contribution in [2.24, 2.45) is 56.7 Å². The number of carbonyl (C=O) groups excluding carboxylic acids is 2. The number of aliphatic hydroxyl groups is 3. The van der Waals surface area contributed by atoms with Crippen LogP contribution in [0.25, 0.3) is 0 Å². The number of ether oxygens (including phenoxy) is 2. The van der Waals surface area contributed by atoms with E-state index in [0.29, 0.717) is 44.4 Å². The van der Waals surface area contributed by atoms with Gasteiger partial charge in [-0.1, -0.05) is 108 Å². The van der Waals surface area contributed by atoms with E-state index in [-0.39, 0.29) is 65.8 Å². The summed E-state index contributed by atoms with van der Waals surface area (Å²) in [7, 11) is 4.00. The number of benzene rings is 2. The van der Waals surface area contributed by atoms with Crippen LogP contribution in [-0.4, -0.2) is 74.4 Å². The molecule has 4 saturated carbocycles. The highest BCUT2D eigenvalue weighted by molar-refractivity contribution is 8.76. The third kappa shape index (κ3) is 8.01. The van der Waals surface area contributed by atoms with Crippen LogP contribution < -0.4 is 10.9 Å². The lowest BCUT2D eigenvalue weighted by Gasteiger charge is -2.73. The topological polar surface area (TPSA) is 137 Å². The molecular weight excluding hydrogens is 901 g/mol. The fourth-order valence-corrected chi connectivity index (χ4v) is 20.9. The SMILES string of the molecule is CC12CCC(SSCC(Cc3ccccc3)C1)C1CCC(Cc3ccccc3)CC13CC#CC1(C)CC4(NNC5CCCC5C5(C)CCC(O)C(C(O)CC2)(C45)C1(O)CCC1=CC(=O)OC1)OC3=O. The molecule has 5 heterocycles. The lowest BCUT2D eigenvalue weighted by atomic mass is 9.34. The van der Waals surface area contributed by atoms with Crippen molar-refractivity contribution >= 4 is 33.5 Å². The molecule has 0 radical (unpaired) electrons. The zero-order chi connectivity index (χ0) is 47.9. The number of cyclic esters (lactones) is 1. The van der Waals surface area contributed by atoms with Crippen LogP contribution in [0.15, 0.2) is 72.3 Å². The van der Waals surface area contributed by atoms with Gasteiger partial charge in [0.05, 0.1) is 34.1 Å². The summed E-state index contributed by atoms with van der Waals surface area (Å²) in [6, 6.07) is 21.7. The van der Waals surface area contributed by atoms with Crippen LogP contribution in [0.4, 0.5) is 0 Å². The third-order valence-electron chi connectivity index (χ3n) is 20.5. The number of carbonyl (C=O) groups is 2. The zero-order valence-corrected chi connectivity index (χ0v) is 42.8. The van der Waals surface area contributed by atoms with Crippen molar-refractivity contribution in [3.8, 4) is 11.8 Å². The van der Waals surface area contributed by atoms with Gasteiger partial charge in [0.25, 0.3) is 0 Å². The van der Waals surface area contributed by atoms with Crippen LogP contribution in [0.2, 0.25) is 0 Å². The maximum atomic E-state index is 16.6. The number of hydrogen-bond donors (Lipinski definition) is 5. The molecular formula is C58H76N2O7S2. The number of aliphatic hydroxyl groups excluding tert-OH is 2. The van der Waals surface area contributed by atoms with Gasteiger partial charge in [0.2, 0.25) is 0 Å². The Balaban J connectivity index is 1.14. The van der Waals surface area contributed by atoms with E-state index in [1.807, 2.05) is 28.5 Å². The summed E-state index contributed by atoms with van der Waals surface area (Å²) in [6.45, 7) is 6.97. The van der Waals surface area contributed by atoms with Crippen molar-refractivity contribution in [3.63, 3.8) is 0 Å². The van der Waals surface area contributed by atoms with Crippen molar-refractivity contribution in [3.05, 3.63) is 83.4 Å². The van der Waals surface area contributed by atoms with Gasteiger partial charge >= 0.3 is 11.9 Å². The van der Waals surface area contributed by atoms with Crippen molar-refractivity contribution in [1.29, 1.82) is 0 Å². The van der Waals surface area contributed by atoms with E-state index < -0.39 is 51.1 Å². The molecule has 2 aromatic carbocycles. The molecule has 0 amide bonds. The Morgan fingerprint density at radius 2 is 1.52 bits per heavy atom. The van der Waals surface area contributed by atoms with Gasteiger partial charge in [-0.2, -0.15) is 0 Å². The van der Waals surface area contributed by atoms with E-state index in [0.717, 1.165) is 82.0 Å². The molecule has 16 atom stereocenters. The van der Waals surface area contributed by atoms with E-state index in [2.05, 4.69) is 97.2 Å². The van der Waals surface area contributed by atoms with E-state index >= 15 is 4.79 Å². The largest absolute Gasteiger partial charge is 0.458 e. The molecule has 7 fully saturated rings. The van der Waals surface area contributed by atoms with Crippen LogP contribution in [0, 0.1) is 68.5 Å². The summed E-state index contributed by atoms with van der Waals surface area (Å²) >= 11 is 0. The zero-order valence-electron chi connectivity index (χ0n) is 41.2. The number of hydrazine groups is 1. The predicted molar refractivity (Wildman–Crippen MR) is 272 cm³/mol. The number of esters is 2. The molecule has 0 aromatic heterocycles. The molecule has 4 aliphatic carbocycles. The minimum absolute atomic E-state index is 0.00589.